The number of Topliss-reactive ketones (excluding diaryl/α,β-unsaturated/α-hetero) is 1. The fourth-order valence-corrected chi connectivity index (χ4v) is 4.73. The van der Waals surface area contributed by atoms with Gasteiger partial charge in [-0.2, -0.15) is 0 Å². The largest absolute Gasteiger partial charge is 0.493 e. The Morgan fingerprint density at radius 1 is 1.07 bits per heavy atom. The zero-order valence-corrected chi connectivity index (χ0v) is 22.8. The number of allylic oxidation sites excluding steroid dienone is 1. The first kappa shape index (κ1) is 28.4. The topological polar surface area (TPSA) is 137 Å². The third-order valence-electron chi connectivity index (χ3n) is 6.93. The minimum atomic E-state index is -0.749. The maximum atomic E-state index is 13.6. The number of nitrogens with one attached hydrogen (secondary N) is 1. The molecule has 0 saturated carbocycles. The van der Waals surface area contributed by atoms with Crippen molar-refractivity contribution in [1.29, 1.82) is 0 Å². The molecule has 3 aromatic rings. The summed E-state index contributed by atoms with van der Waals surface area (Å²) in [6.45, 7) is 1.33. The number of hydrogen-bond acceptors (Lipinski definition) is 7. The van der Waals surface area contributed by atoms with Gasteiger partial charge < -0.3 is 20.1 Å². The number of anilines is 2. The van der Waals surface area contributed by atoms with Crippen molar-refractivity contribution < 1.29 is 19.1 Å². The zero-order chi connectivity index (χ0) is 28.6. The third-order valence-corrected chi connectivity index (χ3v) is 6.93. The number of rotatable bonds is 11. The SMILES string of the molecule is COc1cc(C(C)=O)ccc1OCC(=O)N(CCC1=CCCCC1)c1c(N)n(Cc2ccccc2)c(=O)[nH]c1=O. The van der Waals surface area contributed by atoms with E-state index in [4.69, 9.17) is 15.2 Å². The third kappa shape index (κ3) is 6.69. The first-order valence-corrected chi connectivity index (χ1v) is 13.2. The van der Waals surface area contributed by atoms with Crippen LogP contribution < -0.4 is 31.4 Å². The van der Waals surface area contributed by atoms with Gasteiger partial charge >= 0.3 is 5.69 Å². The normalized spacial score (nSPS) is 12.9. The maximum absolute atomic E-state index is 13.6. The average Bonchev–Trinajstić information content (AvgIpc) is 2.96. The molecule has 210 valence electrons. The molecule has 4 rings (SSSR count). The Labute approximate surface area is 232 Å². The minimum Gasteiger partial charge on any atom is -0.493 e. The lowest BCUT2D eigenvalue weighted by Gasteiger charge is -2.26. The number of ether oxygens (including phenoxy) is 2. The summed E-state index contributed by atoms with van der Waals surface area (Å²) in [4.78, 5) is 54.8. The highest BCUT2D eigenvalue weighted by Gasteiger charge is 2.25. The number of amides is 1. The number of nitrogens with two attached hydrogens (primary N) is 1. The second-order valence-electron chi connectivity index (χ2n) is 9.68. The summed E-state index contributed by atoms with van der Waals surface area (Å²) >= 11 is 0. The molecule has 0 fully saturated rings. The number of ketones is 1. The van der Waals surface area contributed by atoms with Crippen molar-refractivity contribution in [3.05, 3.63) is 92.1 Å². The fraction of sp³-hybridized carbons (Fsp3) is 0.333. The van der Waals surface area contributed by atoms with Crippen LogP contribution in [0.5, 0.6) is 11.5 Å². The molecular formula is C30H34N4O6. The summed E-state index contributed by atoms with van der Waals surface area (Å²) in [6.07, 6.45) is 6.84. The van der Waals surface area contributed by atoms with E-state index in [-0.39, 0.29) is 36.1 Å². The van der Waals surface area contributed by atoms with Crippen molar-refractivity contribution in [3.8, 4) is 11.5 Å². The van der Waals surface area contributed by atoms with Crippen molar-refractivity contribution >= 4 is 23.2 Å². The molecule has 0 bridgehead atoms. The van der Waals surface area contributed by atoms with Crippen molar-refractivity contribution in [2.75, 3.05) is 30.9 Å². The quantitative estimate of drug-likeness (QED) is 0.276. The van der Waals surface area contributed by atoms with Crippen LogP contribution in [0.3, 0.4) is 0 Å². The van der Waals surface area contributed by atoms with Crippen LogP contribution in [0.2, 0.25) is 0 Å². The van der Waals surface area contributed by atoms with Gasteiger partial charge in [-0.3, -0.25) is 23.9 Å². The van der Waals surface area contributed by atoms with Gasteiger partial charge in [0, 0.05) is 12.1 Å². The van der Waals surface area contributed by atoms with Crippen LogP contribution in [0.15, 0.2) is 69.8 Å². The zero-order valence-electron chi connectivity index (χ0n) is 22.8. The summed E-state index contributed by atoms with van der Waals surface area (Å²) in [6, 6.07) is 13.9. The molecule has 1 heterocycles. The number of nitrogens with zero attached hydrogens (tertiary/aromatic N) is 2. The first-order chi connectivity index (χ1) is 19.3. The predicted octanol–water partition coefficient (Wildman–Crippen LogP) is 3.68. The predicted molar refractivity (Wildman–Crippen MR) is 153 cm³/mol. The molecule has 3 N–H and O–H groups in total. The Hall–Kier alpha value is -4.60. The Balaban J connectivity index is 1.66. The van der Waals surface area contributed by atoms with Crippen molar-refractivity contribution in [2.24, 2.45) is 0 Å². The van der Waals surface area contributed by atoms with E-state index in [0.717, 1.165) is 31.2 Å². The smallest absolute Gasteiger partial charge is 0.330 e. The number of nitrogen functional groups attached to an aromatic ring is 1. The van der Waals surface area contributed by atoms with Crippen LogP contribution in [-0.2, 0) is 11.3 Å². The Kier molecular flexibility index (Phi) is 9.21. The van der Waals surface area contributed by atoms with Crippen molar-refractivity contribution in [1.82, 2.24) is 9.55 Å². The molecule has 0 saturated heterocycles. The lowest BCUT2D eigenvalue weighted by molar-refractivity contribution is -0.120. The van der Waals surface area contributed by atoms with E-state index in [9.17, 15) is 19.2 Å². The molecule has 10 heteroatoms. The number of methoxy groups -OCH3 is 1. The number of carbonyl (C=O) groups is 2. The molecule has 1 amide bonds. The Morgan fingerprint density at radius 2 is 1.85 bits per heavy atom. The van der Waals surface area contributed by atoms with E-state index in [1.54, 1.807) is 12.1 Å². The maximum Gasteiger partial charge on any atom is 0.330 e. The molecular weight excluding hydrogens is 512 g/mol. The van der Waals surface area contributed by atoms with Crippen LogP contribution in [0, 0.1) is 0 Å². The number of H-pyrrole nitrogens is 1. The summed E-state index contributed by atoms with van der Waals surface area (Å²) in [5, 5.41) is 0. The van der Waals surface area contributed by atoms with Crippen LogP contribution >= 0.6 is 0 Å². The molecule has 40 heavy (non-hydrogen) atoms. The van der Waals surface area contributed by atoms with Crippen LogP contribution in [0.1, 0.15) is 54.9 Å². The van der Waals surface area contributed by atoms with Crippen molar-refractivity contribution in [2.45, 2.75) is 45.6 Å². The van der Waals surface area contributed by atoms with E-state index in [1.165, 1.54) is 35.1 Å². The van der Waals surface area contributed by atoms with Gasteiger partial charge in [-0.25, -0.2) is 4.79 Å². The number of benzene rings is 2. The second-order valence-corrected chi connectivity index (χ2v) is 9.68. The van der Waals surface area contributed by atoms with Gasteiger partial charge in [-0.1, -0.05) is 42.0 Å². The summed E-state index contributed by atoms with van der Waals surface area (Å²) < 4.78 is 12.4. The Bertz CT molecular complexity index is 1520. The minimum absolute atomic E-state index is 0.0977. The molecule has 0 unspecified atom stereocenters. The molecule has 1 aliphatic rings. The highest BCUT2D eigenvalue weighted by Crippen LogP contribution is 2.29. The van der Waals surface area contributed by atoms with Gasteiger partial charge in [0.05, 0.1) is 13.7 Å². The van der Waals surface area contributed by atoms with E-state index < -0.39 is 23.8 Å². The lowest BCUT2D eigenvalue weighted by atomic mass is 9.97. The Morgan fingerprint density at radius 3 is 2.52 bits per heavy atom. The van der Waals surface area contributed by atoms with Gasteiger partial charge in [0.15, 0.2) is 29.6 Å². The molecule has 0 spiro atoms. The molecule has 2 aromatic carbocycles. The molecule has 0 atom stereocenters. The molecule has 0 aliphatic heterocycles. The van der Waals surface area contributed by atoms with Crippen LogP contribution in [0.25, 0.3) is 0 Å². The van der Waals surface area contributed by atoms with Crippen molar-refractivity contribution in [3.63, 3.8) is 0 Å². The number of aromatic nitrogens is 2. The van der Waals surface area contributed by atoms with E-state index in [2.05, 4.69) is 11.1 Å². The number of hydrogen-bond donors (Lipinski definition) is 2. The molecule has 1 aromatic heterocycles. The summed E-state index contributed by atoms with van der Waals surface area (Å²) in [5.41, 5.74) is 7.37. The van der Waals surface area contributed by atoms with Crippen LogP contribution in [0.4, 0.5) is 11.5 Å². The van der Waals surface area contributed by atoms with E-state index in [1.807, 2.05) is 30.3 Å². The molecule has 0 radical (unpaired) electrons. The first-order valence-electron chi connectivity index (χ1n) is 13.2. The second kappa shape index (κ2) is 13.0. The van der Waals surface area contributed by atoms with Gasteiger partial charge in [-0.15, -0.1) is 0 Å². The number of carbonyl (C=O) groups excluding carboxylic acids is 2. The number of aromatic amines is 1. The highest BCUT2D eigenvalue weighted by atomic mass is 16.5. The summed E-state index contributed by atoms with van der Waals surface area (Å²) in [5.74, 6) is -0.187. The van der Waals surface area contributed by atoms with E-state index >= 15 is 0 Å². The van der Waals surface area contributed by atoms with Gasteiger partial charge in [0.1, 0.15) is 5.82 Å². The standard InChI is InChI=1S/C30H34N4O6/c1-20(35)23-13-14-24(25(17-23)39-2)40-19-26(36)33(16-15-21-9-5-3-6-10-21)27-28(31)34(30(38)32-29(27)37)18-22-11-7-4-8-12-22/h4,7-9,11-14,17H,3,5-6,10,15-16,18-19,31H2,1-2H3,(H,32,37,38). The van der Waals surface area contributed by atoms with E-state index in [0.29, 0.717) is 17.7 Å². The average molecular weight is 547 g/mol. The van der Waals surface area contributed by atoms with Gasteiger partial charge in [0.2, 0.25) is 0 Å². The fourth-order valence-electron chi connectivity index (χ4n) is 4.73. The monoisotopic (exact) mass is 546 g/mol. The van der Waals surface area contributed by atoms with Gasteiger partial charge in [0.25, 0.3) is 11.5 Å². The highest BCUT2D eigenvalue weighted by molar-refractivity contribution is 5.97. The molecule has 1 aliphatic carbocycles. The lowest BCUT2D eigenvalue weighted by Crippen LogP contribution is -2.43. The van der Waals surface area contributed by atoms with Gasteiger partial charge in [-0.05, 0) is 62.8 Å². The van der Waals surface area contributed by atoms with Crippen LogP contribution in [-0.4, -0.2) is 41.5 Å². The molecule has 10 nitrogen and oxygen atoms in total. The summed E-state index contributed by atoms with van der Waals surface area (Å²) in [7, 11) is 1.44.